The Bertz CT molecular complexity index is 434. The molecule has 1 heterocycles. The Balaban J connectivity index is 2.31. The van der Waals surface area contributed by atoms with Crippen LogP contribution in [0.15, 0.2) is 4.52 Å². The molecule has 0 aliphatic carbocycles. The first-order chi connectivity index (χ1) is 8.26. The molecule has 18 heavy (non-hydrogen) atoms. The summed E-state index contributed by atoms with van der Waals surface area (Å²) in [4.78, 5) is 26.6. The SMILES string of the molecule is Cc1noc(NC(=O)CCC(=O)OC(C)(C)C)n1. The van der Waals surface area contributed by atoms with Gasteiger partial charge in [-0.15, -0.1) is 0 Å². The second kappa shape index (κ2) is 5.61. The molecular weight excluding hydrogens is 238 g/mol. The highest BCUT2D eigenvalue weighted by Crippen LogP contribution is 2.10. The van der Waals surface area contributed by atoms with Crippen molar-refractivity contribution in [2.24, 2.45) is 0 Å². The van der Waals surface area contributed by atoms with E-state index in [2.05, 4.69) is 15.5 Å². The lowest BCUT2D eigenvalue weighted by Crippen LogP contribution is -2.24. The Labute approximate surface area is 105 Å². The predicted octanol–water partition coefficient (Wildman–Crippen LogP) is 1.44. The molecule has 1 rings (SSSR count). The van der Waals surface area contributed by atoms with Crippen LogP contribution in [0, 0.1) is 6.92 Å². The maximum absolute atomic E-state index is 11.4. The molecule has 1 aromatic rings. The van der Waals surface area contributed by atoms with Crippen molar-refractivity contribution in [2.75, 3.05) is 5.32 Å². The zero-order chi connectivity index (χ0) is 13.8. The first-order valence-electron chi connectivity index (χ1n) is 5.58. The van der Waals surface area contributed by atoms with Crippen molar-refractivity contribution >= 4 is 17.9 Å². The van der Waals surface area contributed by atoms with Crippen LogP contribution < -0.4 is 5.32 Å². The van der Waals surface area contributed by atoms with Gasteiger partial charge in [-0.3, -0.25) is 14.9 Å². The summed E-state index contributed by atoms with van der Waals surface area (Å²) in [6, 6.07) is 0.0293. The lowest BCUT2D eigenvalue weighted by molar-refractivity contribution is -0.155. The number of hydrogen-bond donors (Lipinski definition) is 1. The average molecular weight is 255 g/mol. The highest BCUT2D eigenvalue weighted by molar-refractivity contribution is 5.90. The standard InChI is InChI=1S/C11H17N3O4/c1-7-12-10(18-14-7)13-8(15)5-6-9(16)17-11(2,3)4/h5-6H2,1-4H3,(H,12,13,14,15). The van der Waals surface area contributed by atoms with Crippen molar-refractivity contribution in [3.8, 4) is 0 Å². The molecule has 0 unspecified atom stereocenters. The van der Waals surface area contributed by atoms with E-state index in [0.717, 1.165) is 0 Å². The summed E-state index contributed by atoms with van der Waals surface area (Å²) in [6.07, 6.45) is 0.0204. The summed E-state index contributed by atoms with van der Waals surface area (Å²) >= 11 is 0. The van der Waals surface area contributed by atoms with Gasteiger partial charge >= 0.3 is 12.0 Å². The molecule has 100 valence electrons. The van der Waals surface area contributed by atoms with Gasteiger partial charge in [0.1, 0.15) is 5.60 Å². The van der Waals surface area contributed by atoms with E-state index in [0.29, 0.717) is 5.82 Å². The quantitative estimate of drug-likeness (QED) is 0.818. The molecule has 0 radical (unpaired) electrons. The van der Waals surface area contributed by atoms with E-state index in [1.54, 1.807) is 27.7 Å². The van der Waals surface area contributed by atoms with Gasteiger partial charge < -0.3 is 9.26 Å². The van der Waals surface area contributed by atoms with Crippen LogP contribution in [0.1, 0.15) is 39.4 Å². The maximum Gasteiger partial charge on any atom is 0.328 e. The van der Waals surface area contributed by atoms with Crippen LogP contribution in [-0.4, -0.2) is 27.6 Å². The lowest BCUT2D eigenvalue weighted by atomic mass is 10.2. The number of carbonyl (C=O) groups is 2. The van der Waals surface area contributed by atoms with Gasteiger partial charge in [0.2, 0.25) is 5.91 Å². The molecule has 0 bridgehead atoms. The number of amides is 1. The number of carbonyl (C=O) groups excluding carboxylic acids is 2. The van der Waals surface area contributed by atoms with E-state index < -0.39 is 11.6 Å². The van der Waals surface area contributed by atoms with Gasteiger partial charge in [-0.1, -0.05) is 5.16 Å². The first kappa shape index (κ1) is 14.1. The van der Waals surface area contributed by atoms with E-state index in [1.165, 1.54) is 0 Å². The molecule has 0 aromatic carbocycles. The van der Waals surface area contributed by atoms with Gasteiger partial charge in [-0.2, -0.15) is 4.98 Å². The summed E-state index contributed by atoms with van der Waals surface area (Å²) in [5, 5.41) is 5.91. The first-order valence-corrected chi connectivity index (χ1v) is 5.58. The van der Waals surface area contributed by atoms with E-state index in [1.807, 2.05) is 0 Å². The summed E-state index contributed by atoms with van der Waals surface area (Å²) in [7, 11) is 0. The molecule has 0 aliphatic heterocycles. The average Bonchev–Trinajstić information content (AvgIpc) is 2.58. The fourth-order valence-electron chi connectivity index (χ4n) is 1.14. The second-order valence-electron chi connectivity index (χ2n) is 4.78. The van der Waals surface area contributed by atoms with Crippen LogP contribution in [0.4, 0.5) is 6.01 Å². The Kier molecular flexibility index (Phi) is 4.41. The summed E-state index contributed by atoms with van der Waals surface area (Å²) in [5.74, 6) is -0.360. The van der Waals surface area contributed by atoms with Crippen LogP contribution in [0.25, 0.3) is 0 Å². The zero-order valence-corrected chi connectivity index (χ0v) is 10.9. The van der Waals surface area contributed by atoms with Gasteiger partial charge in [0.05, 0.1) is 6.42 Å². The monoisotopic (exact) mass is 255 g/mol. The van der Waals surface area contributed by atoms with Crippen molar-refractivity contribution in [1.29, 1.82) is 0 Å². The third kappa shape index (κ3) is 5.42. The van der Waals surface area contributed by atoms with E-state index >= 15 is 0 Å². The third-order valence-corrected chi connectivity index (χ3v) is 1.75. The number of rotatable bonds is 4. The minimum Gasteiger partial charge on any atom is -0.460 e. The van der Waals surface area contributed by atoms with Crippen LogP contribution in [-0.2, 0) is 14.3 Å². The number of ether oxygens (including phenoxy) is 1. The molecule has 1 amide bonds. The van der Waals surface area contributed by atoms with Gasteiger partial charge in [-0.25, -0.2) is 0 Å². The number of aryl methyl sites for hydroxylation is 1. The van der Waals surface area contributed by atoms with E-state index in [-0.39, 0.29) is 24.8 Å². The fraction of sp³-hybridized carbons (Fsp3) is 0.636. The third-order valence-electron chi connectivity index (χ3n) is 1.75. The number of nitrogens with one attached hydrogen (secondary N) is 1. The van der Waals surface area contributed by atoms with Crippen molar-refractivity contribution in [3.63, 3.8) is 0 Å². The van der Waals surface area contributed by atoms with Crippen molar-refractivity contribution < 1.29 is 18.8 Å². The minimum atomic E-state index is -0.544. The summed E-state index contributed by atoms with van der Waals surface area (Å²) in [5.41, 5.74) is -0.544. The van der Waals surface area contributed by atoms with Gasteiger partial charge in [0, 0.05) is 6.42 Å². The molecular formula is C11H17N3O4. The fourth-order valence-corrected chi connectivity index (χ4v) is 1.14. The second-order valence-corrected chi connectivity index (χ2v) is 4.78. The van der Waals surface area contributed by atoms with Gasteiger partial charge in [0.15, 0.2) is 5.82 Å². The van der Waals surface area contributed by atoms with Crippen LogP contribution in [0.5, 0.6) is 0 Å². The van der Waals surface area contributed by atoms with Crippen molar-refractivity contribution in [1.82, 2.24) is 10.1 Å². The maximum atomic E-state index is 11.4. The number of anilines is 1. The van der Waals surface area contributed by atoms with Crippen LogP contribution >= 0.6 is 0 Å². The summed E-state index contributed by atoms with van der Waals surface area (Å²) in [6.45, 7) is 6.95. The molecule has 1 aromatic heterocycles. The van der Waals surface area contributed by atoms with Crippen molar-refractivity contribution in [2.45, 2.75) is 46.1 Å². The lowest BCUT2D eigenvalue weighted by Gasteiger charge is -2.19. The highest BCUT2D eigenvalue weighted by atomic mass is 16.6. The number of nitrogens with zero attached hydrogens (tertiary/aromatic N) is 2. The van der Waals surface area contributed by atoms with Gasteiger partial charge in [0.25, 0.3) is 0 Å². The molecule has 7 nitrogen and oxygen atoms in total. The molecule has 0 spiro atoms. The molecule has 0 saturated carbocycles. The molecule has 7 heteroatoms. The molecule has 0 fully saturated rings. The Morgan fingerprint density at radius 3 is 2.50 bits per heavy atom. The van der Waals surface area contributed by atoms with Crippen LogP contribution in [0.3, 0.4) is 0 Å². The Morgan fingerprint density at radius 1 is 1.33 bits per heavy atom. The minimum absolute atomic E-state index is 0.0101. The Morgan fingerprint density at radius 2 is 2.00 bits per heavy atom. The molecule has 0 saturated heterocycles. The van der Waals surface area contributed by atoms with Crippen molar-refractivity contribution in [3.05, 3.63) is 5.82 Å². The number of aromatic nitrogens is 2. The highest BCUT2D eigenvalue weighted by Gasteiger charge is 2.17. The molecule has 0 atom stereocenters. The number of hydrogen-bond acceptors (Lipinski definition) is 6. The largest absolute Gasteiger partial charge is 0.460 e. The van der Waals surface area contributed by atoms with Gasteiger partial charge in [-0.05, 0) is 27.7 Å². The number of esters is 1. The van der Waals surface area contributed by atoms with Crippen LogP contribution in [0.2, 0.25) is 0 Å². The van der Waals surface area contributed by atoms with E-state index in [4.69, 9.17) is 9.26 Å². The normalized spacial score (nSPS) is 11.1. The summed E-state index contributed by atoms with van der Waals surface area (Å²) < 4.78 is 9.79. The zero-order valence-electron chi connectivity index (χ0n) is 10.9. The van der Waals surface area contributed by atoms with E-state index in [9.17, 15) is 9.59 Å². The topological polar surface area (TPSA) is 94.3 Å². The molecule has 0 aliphatic rings. The Hall–Kier alpha value is -1.92. The molecule has 1 N–H and O–H groups in total. The predicted molar refractivity (Wildman–Crippen MR) is 62.7 cm³/mol. The smallest absolute Gasteiger partial charge is 0.328 e.